The van der Waals surface area contributed by atoms with Crippen molar-refractivity contribution in [1.29, 1.82) is 0 Å². The molecule has 0 bridgehead atoms. The highest BCUT2D eigenvalue weighted by Gasteiger charge is 2.19. The maximum Gasteiger partial charge on any atom is 0.314 e. The van der Waals surface area contributed by atoms with Crippen LogP contribution in [0.4, 0.5) is 0 Å². The summed E-state index contributed by atoms with van der Waals surface area (Å²) >= 11 is 0. The van der Waals surface area contributed by atoms with Gasteiger partial charge in [-0.3, -0.25) is 9.59 Å². The molecule has 1 saturated heterocycles. The maximum atomic E-state index is 10.0. The molecule has 3 nitrogen and oxygen atoms in total. The summed E-state index contributed by atoms with van der Waals surface area (Å²) in [6.07, 6.45) is 0.525. The molecule has 74 valence electrons. The Balaban J connectivity index is 0.000000140. The number of hydrogen-bond acceptors (Lipinski definition) is 3. The summed E-state index contributed by atoms with van der Waals surface area (Å²) in [5.41, 5.74) is 1.32. The van der Waals surface area contributed by atoms with E-state index < -0.39 is 11.9 Å². The van der Waals surface area contributed by atoms with Crippen molar-refractivity contribution in [2.24, 2.45) is 0 Å². The van der Waals surface area contributed by atoms with E-state index in [2.05, 4.69) is 23.8 Å². The average Bonchev–Trinajstić information content (AvgIpc) is 2.52. The molecule has 0 unspecified atom stereocenters. The molecule has 0 amide bonds. The number of carbonyl (C=O) groups excluding carboxylic acids is 2. The molecular formula is C11H12O3. The normalized spacial score (nSPS) is 14.4. The monoisotopic (exact) mass is 192 g/mol. The van der Waals surface area contributed by atoms with Crippen LogP contribution in [-0.4, -0.2) is 11.9 Å². The van der Waals surface area contributed by atoms with Crippen molar-refractivity contribution in [3.05, 3.63) is 35.9 Å². The second kappa shape index (κ2) is 5.17. The summed E-state index contributed by atoms with van der Waals surface area (Å²) < 4.78 is 4.08. The van der Waals surface area contributed by atoms with Gasteiger partial charge in [-0.15, -0.1) is 0 Å². The Morgan fingerprint density at radius 3 is 1.71 bits per heavy atom. The lowest BCUT2D eigenvalue weighted by molar-refractivity contribution is -0.151. The summed E-state index contributed by atoms with van der Waals surface area (Å²) in [6, 6.07) is 10.3. The van der Waals surface area contributed by atoms with E-state index in [9.17, 15) is 9.59 Å². The molecule has 3 heteroatoms. The Morgan fingerprint density at radius 1 is 1.00 bits per heavy atom. The van der Waals surface area contributed by atoms with Gasteiger partial charge in [0.25, 0.3) is 0 Å². The molecule has 1 aromatic rings. The van der Waals surface area contributed by atoms with Gasteiger partial charge in [-0.1, -0.05) is 35.9 Å². The number of rotatable bonds is 0. The highest BCUT2D eigenvalue weighted by atomic mass is 16.6. The first kappa shape index (κ1) is 10.4. The Kier molecular flexibility index (Phi) is 3.85. The molecule has 0 radical (unpaired) electrons. The second-order valence-corrected chi connectivity index (χ2v) is 3.00. The summed E-state index contributed by atoms with van der Waals surface area (Å²) in [4.78, 5) is 20.0. The minimum Gasteiger partial charge on any atom is -0.393 e. The molecule has 0 aromatic heterocycles. The Labute approximate surface area is 82.7 Å². The van der Waals surface area contributed by atoms with Crippen LogP contribution in [0.5, 0.6) is 0 Å². The SMILES string of the molecule is Cc1ccccc1.O=C1CCC(=O)O1. The third-order valence-corrected chi connectivity index (χ3v) is 1.70. The third kappa shape index (κ3) is 3.85. The molecule has 1 fully saturated rings. The molecular weight excluding hydrogens is 180 g/mol. The van der Waals surface area contributed by atoms with Crippen molar-refractivity contribution in [2.75, 3.05) is 0 Å². The largest absolute Gasteiger partial charge is 0.393 e. The zero-order valence-corrected chi connectivity index (χ0v) is 8.03. The van der Waals surface area contributed by atoms with E-state index in [4.69, 9.17) is 0 Å². The van der Waals surface area contributed by atoms with E-state index in [-0.39, 0.29) is 12.8 Å². The maximum absolute atomic E-state index is 10.0. The first-order valence-electron chi connectivity index (χ1n) is 4.43. The van der Waals surface area contributed by atoms with Crippen LogP contribution in [0.1, 0.15) is 18.4 Å². The van der Waals surface area contributed by atoms with Gasteiger partial charge in [0, 0.05) is 0 Å². The standard InChI is InChI=1S/C7H8.C4H4O3/c1-7-5-3-2-4-6-7;5-3-1-2-4(6)7-3/h2-6H,1H3;1-2H2. The van der Waals surface area contributed by atoms with Crippen LogP contribution in [0.15, 0.2) is 30.3 Å². The van der Waals surface area contributed by atoms with Gasteiger partial charge < -0.3 is 4.74 Å². The van der Waals surface area contributed by atoms with E-state index >= 15 is 0 Å². The van der Waals surface area contributed by atoms with Gasteiger partial charge in [-0.25, -0.2) is 0 Å². The van der Waals surface area contributed by atoms with Crippen LogP contribution in [0.3, 0.4) is 0 Å². The molecule has 14 heavy (non-hydrogen) atoms. The molecule has 1 aliphatic rings. The summed E-state index contributed by atoms with van der Waals surface area (Å²) in [7, 11) is 0. The van der Waals surface area contributed by atoms with E-state index in [1.54, 1.807) is 0 Å². The first-order valence-corrected chi connectivity index (χ1v) is 4.43. The number of carbonyl (C=O) groups is 2. The van der Waals surface area contributed by atoms with Crippen molar-refractivity contribution in [1.82, 2.24) is 0 Å². The van der Waals surface area contributed by atoms with E-state index in [1.807, 2.05) is 18.2 Å². The van der Waals surface area contributed by atoms with Gasteiger partial charge in [-0.2, -0.15) is 0 Å². The molecule has 1 aliphatic heterocycles. The summed E-state index contributed by atoms with van der Waals surface area (Å²) in [6.45, 7) is 2.08. The van der Waals surface area contributed by atoms with E-state index in [1.165, 1.54) is 5.56 Å². The zero-order chi connectivity index (χ0) is 10.4. The van der Waals surface area contributed by atoms with Crippen molar-refractivity contribution in [3.63, 3.8) is 0 Å². The molecule has 0 spiro atoms. The highest BCUT2D eigenvalue weighted by molar-refractivity contribution is 5.92. The van der Waals surface area contributed by atoms with Gasteiger partial charge in [0.05, 0.1) is 12.8 Å². The predicted octanol–water partition coefficient (Wildman–Crippen LogP) is 1.85. The van der Waals surface area contributed by atoms with Gasteiger partial charge >= 0.3 is 11.9 Å². The summed E-state index contributed by atoms with van der Waals surface area (Å²) in [5, 5.41) is 0. The fourth-order valence-corrected chi connectivity index (χ4v) is 0.968. The molecule has 0 atom stereocenters. The van der Waals surface area contributed by atoms with Crippen LogP contribution in [0.2, 0.25) is 0 Å². The second-order valence-electron chi connectivity index (χ2n) is 3.00. The quantitative estimate of drug-likeness (QED) is 0.465. The minimum atomic E-state index is -0.398. The predicted molar refractivity (Wildman–Crippen MR) is 51.5 cm³/mol. The number of ether oxygens (including phenoxy) is 1. The first-order chi connectivity index (χ1) is 6.68. The van der Waals surface area contributed by atoms with Gasteiger partial charge in [0.2, 0.25) is 0 Å². The lowest BCUT2D eigenvalue weighted by atomic mass is 10.2. The van der Waals surface area contributed by atoms with Crippen LogP contribution >= 0.6 is 0 Å². The smallest absolute Gasteiger partial charge is 0.314 e. The number of aryl methyl sites for hydroxylation is 1. The van der Waals surface area contributed by atoms with Gasteiger partial charge in [0.15, 0.2) is 0 Å². The fraction of sp³-hybridized carbons (Fsp3) is 0.273. The van der Waals surface area contributed by atoms with Gasteiger partial charge in [-0.05, 0) is 6.92 Å². The van der Waals surface area contributed by atoms with Crippen molar-refractivity contribution in [3.8, 4) is 0 Å². The number of cyclic esters (lactones) is 2. The highest BCUT2D eigenvalue weighted by Crippen LogP contribution is 2.03. The number of esters is 2. The molecule has 2 rings (SSSR count). The van der Waals surface area contributed by atoms with Crippen molar-refractivity contribution >= 4 is 11.9 Å². The minimum absolute atomic E-state index is 0.263. The third-order valence-electron chi connectivity index (χ3n) is 1.70. The average molecular weight is 192 g/mol. The Bertz CT molecular complexity index is 303. The lowest BCUT2D eigenvalue weighted by Gasteiger charge is -1.82. The number of benzene rings is 1. The Hall–Kier alpha value is -1.64. The van der Waals surface area contributed by atoms with Crippen LogP contribution in [-0.2, 0) is 14.3 Å². The van der Waals surface area contributed by atoms with Crippen LogP contribution in [0.25, 0.3) is 0 Å². The molecule has 0 N–H and O–H groups in total. The Morgan fingerprint density at radius 2 is 1.50 bits per heavy atom. The molecule has 1 aromatic carbocycles. The van der Waals surface area contributed by atoms with Crippen molar-refractivity contribution in [2.45, 2.75) is 19.8 Å². The summed E-state index contributed by atoms with van der Waals surface area (Å²) in [5.74, 6) is -0.796. The van der Waals surface area contributed by atoms with Gasteiger partial charge in [0.1, 0.15) is 0 Å². The van der Waals surface area contributed by atoms with E-state index in [0.717, 1.165) is 0 Å². The topological polar surface area (TPSA) is 43.4 Å². The van der Waals surface area contributed by atoms with Crippen LogP contribution < -0.4 is 0 Å². The molecule has 0 aliphatic carbocycles. The number of hydrogen-bond donors (Lipinski definition) is 0. The van der Waals surface area contributed by atoms with Crippen molar-refractivity contribution < 1.29 is 14.3 Å². The lowest BCUT2D eigenvalue weighted by Crippen LogP contribution is -1.94. The van der Waals surface area contributed by atoms with Crippen LogP contribution in [0, 0.1) is 6.92 Å². The molecule has 1 heterocycles. The zero-order valence-electron chi connectivity index (χ0n) is 8.03. The van der Waals surface area contributed by atoms with E-state index in [0.29, 0.717) is 0 Å². The fourth-order valence-electron chi connectivity index (χ4n) is 0.968. The molecule has 0 saturated carbocycles.